The van der Waals surface area contributed by atoms with Crippen molar-refractivity contribution in [2.45, 2.75) is 19.8 Å². The Balaban J connectivity index is 0.00000208. The van der Waals surface area contributed by atoms with Gasteiger partial charge in [-0.3, -0.25) is 4.99 Å². The number of nitrogens with one attached hydrogen (secondary N) is 1. The first-order chi connectivity index (χ1) is 11.4. The van der Waals surface area contributed by atoms with E-state index in [4.69, 9.17) is 9.73 Å². The van der Waals surface area contributed by atoms with Gasteiger partial charge in [-0.25, -0.2) is 0 Å². The Bertz CT molecular complexity index is 485. The molecule has 7 heteroatoms. The number of rotatable bonds is 7. The third-order valence-electron chi connectivity index (χ3n) is 4.28. The average Bonchev–Trinajstić information content (AvgIpc) is 3.24. The molecule has 2 fully saturated rings. The molecular weight excluding hydrogens is 435 g/mol. The van der Waals surface area contributed by atoms with Gasteiger partial charge in [0.25, 0.3) is 0 Å². The van der Waals surface area contributed by atoms with E-state index in [0.29, 0.717) is 0 Å². The van der Waals surface area contributed by atoms with Crippen molar-refractivity contribution in [2.24, 2.45) is 10.9 Å². The zero-order valence-electron chi connectivity index (χ0n) is 14.4. The van der Waals surface area contributed by atoms with E-state index < -0.39 is 0 Å². The van der Waals surface area contributed by atoms with Crippen LogP contribution < -0.4 is 10.2 Å². The molecule has 0 atom stereocenters. The second kappa shape index (κ2) is 10.5. The Kier molecular flexibility index (Phi) is 8.61. The molecule has 1 saturated carbocycles. The van der Waals surface area contributed by atoms with E-state index in [-0.39, 0.29) is 24.0 Å². The molecule has 1 aliphatic carbocycles. The minimum Gasteiger partial charge on any atom is -0.379 e. The second-order valence-corrected chi connectivity index (χ2v) is 7.11. The minimum absolute atomic E-state index is 0. The number of halogens is 1. The van der Waals surface area contributed by atoms with Crippen molar-refractivity contribution in [1.29, 1.82) is 0 Å². The summed E-state index contributed by atoms with van der Waals surface area (Å²) < 4.78 is 5.68. The molecule has 1 N–H and O–H groups in total. The lowest BCUT2D eigenvalue weighted by Gasteiger charge is -2.37. The molecule has 136 valence electrons. The fourth-order valence-electron chi connectivity index (χ4n) is 2.76. The van der Waals surface area contributed by atoms with E-state index in [2.05, 4.69) is 39.6 Å². The average molecular weight is 464 g/mol. The third kappa shape index (κ3) is 6.07. The van der Waals surface area contributed by atoms with Crippen LogP contribution in [0.25, 0.3) is 0 Å². The van der Waals surface area contributed by atoms with Crippen LogP contribution in [0, 0.1) is 5.92 Å². The second-order valence-electron chi connectivity index (χ2n) is 6.18. The Morgan fingerprint density at radius 1 is 1.33 bits per heavy atom. The largest absolute Gasteiger partial charge is 0.379 e. The normalized spacial score (nSPS) is 18.5. The number of guanidine groups is 1. The summed E-state index contributed by atoms with van der Waals surface area (Å²) in [7, 11) is 0. The summed E-state index contributed by atoms with van der Waals surface area (Å²) in [6.07, 6.45) is 2.70. The van der Waals surface area contributed by atoms with Crippen LogP contribution in [-0.2, 0) is 4.74 Å². The fourth-order valence-corrected chi connectivity index (χ4v) is 3.55. The molecule has 0 bridgehead atoms. The third-order valence-corrected chi connectivity index (χ3v) is 5.21. The topological polar surface area (TPSA) is 40.1 Å². The van der Waals surface area contributed by atoms with Gasteiger partial charge in [-0.05, 0) is 43.2 Å². The number of ether oxygens (including phenoxy) is 1. The highest BCUT2D eigenvalue weighted by atomic mass is 127. The van der Waals surface area contributed by atoms with Gasteiger partial charge >= 0.3 is 0 Å². The predicted octanol–water partition coefficient (Wildman–Crippen LogP) is 2.88. The summed E-state index contributed by atoms with van der Waals surface area (Å²) in [4.78, 5) is 9.56. The molecule has 5 nitrogen and oxygen atoms in total. The van der Waals surface area contributed by atoms with Crippen molar-refractivity contribution in [3.8, 4) is 0 Å². The molecule has 1 aromatic rings. The zero-order chi connectivity index (χ0) is 15.9. The van der Waals surface area contributed by atoms with Crippen LogP contribution in [0.1, 0.15) is 19.8 Å². The first-order valence-electron chi connectivity index (χ1n) is 8.76. The van der Waals surface area contributed by atoms with Crippen LogP contribution in [-0.4, -0.2) is 63.3 Å². The Morgan fingerprint density at radius 3 is 2.75 bits per heavy atom. The highest BCUT2D eigenvalue weighted by Crippen LogP contribution is 2.28. The van der Waals surface area contributed by atoms with Crippen LogP contribution in [0.15, 0.2) is 22.5 Å². The van der Waals surface area contributed by atoms with Crippen molar-refractivity contribution in [3.05, 3.63) is 17.5 Å². The van der Waals surface area contributed by atoms with Gasteiger partial charge in [0.1, 0.15) is 0 Å². The molecule has 0 amide bonds. The number of hydrogen-bond donors (Lipinski definition) is 1. The van der Waals surface area contributed by atoms with Crippen molar-refractivity contribution in [3.63, 3.8) is 0 Å². The monoisotopic (exact) mass is 464 g/mol. The van der Waals surface area contributed by atoms with E-state index in [9.17, 15) is 0 Å². The lowest BCUT2D eigenvalue weighted by Crippen LogP contribution is -2.52. The van der Waals surface area contributed by atoms with Crippen molar-refractivity contribution in [1.82, 2.24) is 10.2 Å². The summed E-state index contributed by atoms with van der Waals surface area (Å²) in [5, 5.41) is 6.94. The number of hydrogen-bond acceptors (Lipinski definition) is 4. The SMILES string of the molecule is CCNC(=NCCOCC1CC1)N1CCN(c2cccs2)CC1.I. The number of aliphatic imine (C=N–C) groups is 1. The molecule has 0 spiro atoms. The molecule has 0 unspecified atom stereocenters. The summed E-state index contributed by atoms with van der Waals surface area (Å²) >= 11 is 1.82. The van der Waals surface area contributed by atoms with Crippen molar-refractivity contribution in [2.75, 3.05) is 57.4 Å². The molecule has 0 radical (unpaired) electrons. The van der Waals surface area contributed by atoms with E-state index in [1.807, 2.05) is 11.3 Å². The van der Waals surface area contributed by atoms with Gasteiger partial charge in [0.2, 0.25) is 0 Å². The highest BCUT2D eigenvalue weighted by molar-refractivity contribution is 14.0. The maximum Gasteiger partial charge on any atom is 0.194 e. The van der Waals surface area contributed by atoms with Gasteiger partial charge in [0.05, 0.1) is 18.2 Å². The van der Waals surface area contributed by atoms with Gasteiger partial charge < -0.3 is 19.9 Å². The maximum atomic E-state index is 5.68. The Morgan fingerprint density at radius 2 is 2.12 bits per heavy atom. The predicted molar refractivity (Wildman–Crippen MR) is 113 cm³/mol. The van der Waals surface area contributed by atoms with Gasteiger partial charge in [0.15, 0.2) is 5.96 Å². The lowest BCUT2D eigenvalue weighted by atomic mass is 10.3. The van der Waals surface area contributed by atoms with E-state index in [0.717, 1.165) is 64.4 Å². The number of anilines is 1. The Hall–Kier alpha value is -0.540. The standard InChI is InChI=1S/C17H28N4OS.HI/c1-2-18-17(19-7-12-22-14-15-5-6-15)21-10-8-20(9-11-21)16-4-3-13-23-16;/h3-4,13,15H,2,5-12,14H2,1H3,(H,18,19);1H. The number of thiophene rings is 1. The van der Waals surface area contributed by atoms with Crippen LogP contribution in [0.5, 0.6) is 0 Å². The minimum atomic E-state index is 0. The summed E-state index contributed by atoms with van der Waals surface area (Å²) in [5.74, 6) is 1.87. The molecule has 1 saturated heterocycles. The fraction of sp³-hybridized carbons (Fsp3) is 0.706. The zero-order valence-corrected chi connectivity index (χ0v) is 17.6. The molecule has 2 heterocycles. The van der Waals surface area contributed by atoms with Crippen LogP contribution in [0.3, 0.4) is 0 Å². The first-order valence-corrected chi connectivity index (χ1v) is 9.64. The van der Waals surface area contributed by atoms with E-state index in [1.54, 1.807) is 0 Å². The van der Waals surface area contributed by atoms with Crippen molar-refractivity contribution >= 4 is 46.3 Å². The summed E-state index contributed by atoms with van der Waals surface area (Å²) in [6.45, 7) is 9.60. The molecule has 2 aliphatic rings. The Labute approximate surface area is 166 Å². The molecule has 0 aromatic carbocycles. The van der Waals surface area contributed by atoms with Gasteiger partial charge in [-0.2, -0.15) is 0 Å². The summed E-state index contributed by atoms with van der Waals surface area (Å²) in [5.41, 5.74) is 0. The van der Waals surface area contributed by atoms with Gasteiger partial charge in [0, 0.05) is 39.3 Å². The molecule has 1 aromatic heterocycles. The van der Waals surface area contributed by atoms with Crippen LogP contribution in [0.2, 0.25) is 0 Å². The van der Waals surface area contributed by atoms with Crippen molar-refractivity contribution < 1.29 is 4.74 Å². The molecular formula is C17H29IN4OS. The summed E-state index contributed by atoms with van der Waals surface area (Å²) in [6, 6.07) is 4.33. The smallest absolute Gasteiger partial charge is 0.194 e. The van der Waals surface area contributed by atoms with Gasteiger partial charge in [-0.15, -0.1) is 35.3 Å². The number of piperazine rings is 1. The van der Waals surface area contributed by atoms with Crippen LogP contribution >= 0.6 is 35.3 Å². The quantitative estimate of drug-likeness (QED) is 0.292. The number of nitrogens with zero attached hydrogens (tertiary/aromatic N) is 3. The molecule has 3 rings (SSSR count). The van der Waals surface area contributed by atoms with E-state index in [1.165, 1.54) is 17.8 Å². The first kappa shape index (κ1) is 19.8. The van der Waals surface area contributed by atoms with Crippen LogP contribution in [0.4, 0.5) is 5.00 Å². The van der Waals surface area contributed by atoms with E-state index >= 15 is 0 Å². The maximum absolute atomic E-state index is 5.68. The van der Waals surface area contributed by atoms with Gasteiger partial charge in [-0.1, -0.05) is 0 Å². The highest BCUT2D eigenvalue weighted by Gasteiger charge is 2.21. The lowest BCUT2D eigenvalue weighted by molar-refractivity contribution is 0.131. The molecule has 1 aliphatic heterocycles. The molecule has 24 heavy (non-hydrogen) atoms.